The average molecular weight is 936 g/mol. The van der Waals surface area contributed by atoms with Crippen LogP contribution in [0.5, 0.6) is 0 Å². The molecule has 3 N–H and O–H groups in total. The number of nitrogens with zero attached hydrogens (tertiary/aromatic N) is 3. The zero-order valence-electron chi connectivity index (χ0n) is 40.6. The molecule has 66 heavy (non-hydrogen) atoms. The number of cyclic esters (lactones) is 1. The van der Waals surface area contributed by atoms with Crippen molar-refractivity contribution in [2.24, 2.45) is 11.8 Å². The number of aliphatic hydroxyl groups excluding tert-OH is 2. The fourth-order valence-electron chi connectivity index (χ4n) is 9.27. The van der Waals surface area contributed by atoms with Crippen LogP contribution in [0.15, 0.2) is 30.6 Å². The van der Waals surface area contributed by atoms with Crippen molar-refractivity contribution in [2.75, 3.05) is 41.3 Å². The molecule has 0 bridgehead atoms. The van der Waals surface area contributed by atoms with Gasteiger partial charge in [-0.15, -0.1) is 0 Å². The minimum atomic E-state index is -1.50. The van der Waals surface area contributed by atoms with Crippen molar-refractivity contribution in [1.29, 1.82) is 0 Å². The van der Waals surface area contributed by atoms with E-state index in [0.717, 1.165) is 11.8 Å². The zero-order chi connectivity index (χ0) is 48.7. The number of carbonyl (C=O) groups is 4. The molecule has 0 saturated carbocycles. The van der Waals surface area contributed by atoms with Crippen LogP contribution in [0.25, 0.3) is 6.08 Å². The topological polar surface area (TPSA) is 222 Å². The Morgan fingerprint density at radius 3 is 2.35 bits per heavy atom. The molecule has 4 rings (SSSR count). The number of β-amino-alcohol motifs (C(OH)–C–C–N with tert-alkyl or cyclic N) is 1. The summed E-state index contributed by atoms with van der Waals surface area (Å²) in [5.41, 5.74) is -0.612. The van der Waals surface area contributed by atoms with Gasteiger partial charge in [-0.2, -0.15) is 0 Å². The van der Waals surface area contributed by atoms with Crippen LogP contribution in [0, 0.1) is 11.8 Å². The first kappa shape index (κ1) is 55.2. The molecule has 0 aliphatic carbocycles. The summed E-state index contributed by atoms with van der Waals surface area (Å²) in [6.07, 6.45) is -2.62. The SMILES string of the molecule is CCC(=O)O[C@@H]1CC(=O)O[C@@H](C/C=C/c2cccnc2)CCCN(C)C[C@H](O)[C@H](C)C[C@H](CC=O)[C@H](O[C@@H]2OC(C)[C@H](O[C@H]3CC(C)(O)[C@@H](OC(=O)CC)C(C)O3)C(N(C)C)C2O)[C@H]1OC. The number of hydrogen-bond acceptors (Lipinski definition) is 18. The number of rotatable bonds is 15. The van der Waals surface area contributed by atoms with Gasteiger partial charge in [-0.3, -0.25) is 19.4 Å². The van der Waals surface area contributed by atoms with E-state index in [2.05, 4.69) is 4.98 Å². The van der Waals surface area contributed by atoms with E-state index in [4.69, 9.17) is 37.9 Å². The van der Waals surface area contributed by atoms with Gasteiger partial charge in [-0.25, -0.2) is 0 Å². The predicted molar refractivity (Wildman–Crippen MR) is 241 cm³/mol. The minimum absolute atomic E-state index is 0.0128. The van der Waals surface area contributed by atoms with E-state index in [1.54, 1.807) is 66.0 Å². The van der Waals surface area contributed by atoms with Crippen LogP contribution in [0.2, 0.25) is 0 Å². The first-order valence-corrected chi connectivity index (χ1v) is 23.5. The highest BCUT2D eigenvalue weighted by atomic mass is 16.7. The van der Waals surface area contributed by atoms with Gasteiger partial charge in [0.2, 0.25) is 0 Å². The van der Waals surface area contributed by atoms with Crippen molar-refractivity contribution >= 4 is 30.3 Å². The van der Waals surface area contributed by atoms with Crippen LogP contribution in [-0.2, 0) is 57.1 Å². The molecule has 1 aromatic heterocycles. The summed E-state index contributed by atoms with van der Waals surface area (Å²) in [4.78, 5) is 59.8. The van der Waals surface area contributed by atoms with E-state index < -0.39 is 116 Å². The lowest BCUT2D eigenvalue weighted by atomic mass is 9.82. The fourth-order valence-corrected chi connectivity index (χ4v) is 9.27. The molecular weight excluding hydrogens is 859 g/mol. The molecule has 4 heterocycles. The number of pyridine rings is 1. The molecule has 1 aromatic rings. The molecule has 0 radical (unpaired) electrons. The number of aromatic nitrogens is 1. The maximum atomic E-state index is 14.0. The molecule has 3 aliphatic heterocycles. The molecule has 3 saturated heterocycles. The lowest BCUT2D eigenvalue weighted by Gasteiger charge is -2.50. The van der Waals surface area contributed by atoms with Crippen molar-refractivity contribution in [3.8, 4) is 0 Å². The summed E-state index contributed by atoms with van der Waals surface area (Å²) in [6.45, 7) is 11.1. The summed E-state index contributed by atoms with van der Waals surface area (Å²) in [5.74, 6) is -2.79. The number of methoxy groups -OCH3 is 1. The van der Waals surface area contributed by atoms with Crippen LogP contribution in [-0.4, -0.2) is 181 Å². The average Bonchev–Trinajstić information content (AvgIpc) is 3.25. The highest BCUT2D eigenvalue weighted by Gasteiger charge is 2.53. The zero-order valence-corrected chi connectivity index (χ0v) is 40.6. The maximum absolute atomic E-state index is 14.0. The Kier molecular flexibility index (Phi) is 22.0. The number of ether oxygens (including phenoxy) is 8. The molecule has 3 fully saturated rings. The first-order chi connectivity index (χ1) is 31.3. The minimum Gasteiger partial charge on any atom is -0.462 e. The smallest absolute Gasteiger partial charge is 0.309 e. The number of esters is 3. The monoisotopic (exact) mass is 936 g/mol. The van der Waals surface area contributed by atoms with E-state index in [-0.39, 0.29) is 38.0 Å². The Labute approximate surface area is 390 Å². The third-order valence-electron chi connectivity index (χ3n) is 12.9. The number of aliphatic hydroxyl groups is 3. The maximum Gasteiger partial charge on any atom is 0.309 e. The quantitative estimate of drug-likeness (QED) is 0.130. The van der Waals surface area contributed by atoms with E-state index in [1.807, 2.05) is 43.2 Å². The summed E-state index contributed by atoms with van der Waals surface area (Å²) < 4.78 is 49.6. The third kappa shape index (κ3) is 15.8. The molecule has 0 spiro atoms. The van der Waals surface area contributed by atoms with E-state index in [1.165, 1.54) is 7.11 Å². The van der Waals surface area contributed by atoms with Crippen molar-refractivity contribution in [3.63, 3.8) is 0 Å². The van der Waals surface area contributed by atoms with E-state index >= 15 is 0 Å². The van der Waals surface area contributed by atoms with Crippen LogP contribution < -0.4 is 0 Å². The summed E-state index contributed by atoms with van der Waals surface area (Å²) in [6, 6.07) is 2.95. The lowest BCUT2D eigenvalue weighted by molar-refractivity contribution is -0.344. The third-order valence-corrected chi connectivity index (χ3v) is 12.9. The second kappa shape index (κ2) is 26.4. The van der Waals surface area contributed by atoms with Gasteiger partial charge >= 0.3 is 17.9 Å². The van der Waals surface area contributed by atoms with Gasteiger partial charge in [0, 0.05) is 58.2 Å². The van der Waals surface area contributed by atoms with Crippen LogP contribution in [0.1, 0.15) is 105 Å². The predicted octanol–water partition coefficient (Wildman–Crippen LogP) is 3.46. The Morgan fingerprint density at radius 2 is 1.73 bits per heavy atom. The number of likely N-dealkylation sites (N-methyl/N-ethyl adjacent to an activating group) is 2. The van der Waals surface area contributed by atoms with Gasteiger partial charge in [0.1, 0.15) is 42.4 Å². The van der Waals surface area contributed by atoms with Crippen molar-refractivity contribution in [3.05, 3.63) is 36.2 Å². The Bertz CT molecular complexity index is 1690. The van der Waals surface area contributed by atoms with E-state index in [9.17, 15) is 34.5 Å². The summed E-state index contributed by atoms with van der Waals surface area (Å²) in [7, 11) is 6.81. The van der Waals surface area contributed by atoms with E-state index in [0.29, 0.717) is 32.4 Å². The Balaban J connectivity index is 1.68. The van der Waals surface area contributed by atoms with Crippen LogP contribution in [0.3, 0.4) is 0 Å². The van der Waals surface area contributed by atoms with Gasteiger partial charge in [-0.05, 0) is 91.2 Å². The highest BCUT2D eigenvalue weighted by molar-refractivity contribution is 5.73. The molecular formula is C48H77N3O15. The Hall–Kier alpha value is -3.43. The molecule has 0 aromatic carbocycles. The number of hydrogen-bond donors (Lipinski definition) is 3. The normalized spacial score (nSPS) is 37.0. The fraction of sp³-hybridized carbons (Fsp3) is 0.771. The first-order valence-electron chi connectivity index (χ1n) is 23.5. The molecule has 3 aliphatic rings. The molecule has 0 amide bonds. The van der Waals surface area contributed by atoms with Crippen molar-refractivity contribution < 1.29 is 72.4 Å². The molecule has 18 heteroatoms. The van der Waals surface area contributed by atoms with Gasteiger partial charge < -0.3 is 67.8 Å². The lowest BCUT2D eigenvalue weighted by Crippen LogP contribution is -2.66. The molecule has 5 unspecified atom stereocenters. The summed E-state index contributed by atoms with van der Waals surface area (Å²) >= 11 is 0. The summed E-state index contributed by atoms with van der Waals surface area (Å²) in [5, 5.41) is 35.2. The number of carbonyl (C=O) groups excluding carboxylic acids is 4. The van der Waals surface area contributed by atoms with Crippen LogP contribution >= 0.6 is 0 Å². The van der Waals surface area contributed by atoms with Crippen LogP contribution in [0.4, 0.5) is 0 Å². The van der Waals surface area contributed by atoms with Crippen molar-refractivity contribution in [2.45, 2.75) is 185 Å². The second-order valence-electron chi connectivity index (χ2n) is 18.6. The van der Waals surface area contributed by atoms with Gasteiger partial charge in [0.05, 0.1) is 36.9 Å². The van der Waals surface area contributed by atoms with Gasteiger partial charge in [-0.1, -0.05) is 39.0 Å². The Morgan fingerprint density at radius 1 is 1.02 bits per heavy atom. The number of aldehydes is 1. The highest BCUT2D eigenvalue weighted by Crippen LogP contribution is 2.38. The largest absolute Gasteiger partial charge is 0.462 e. The molecule has 16 atom stereocenters. The van der Waals surface area contributed by atoms with Gasteiger partial charge in [0.15, 0.2) is 18.7 Å². The molecule has 374 valence electrons. The van der Waals surface area contributed by atoms with Gasteiger partial charge in [0.25, 0.3) is 0 Å². The standard InChI is InChI=1S/C48H77N3O15/c1-11-37(54)63-36-25-39(56)62-34(18-13-16-32-17-14-21-49-27-32)19-15-22-51(9)28-35(53)29(3)24-33(20-23-52)44(45(36)59-10)66-47-42(57)41(50(7)8)43(30(4)61-47)65-40-26-48(6,58)46(31(5)60-40)64-38(55)12-2/h13-14,16-17,21,23,27,29-31,33-36,40-47,53,57-58H,11-12,15,18-20,22,24-26,28H2,1-10H3/b16-13+/t29-,30?,31?,33+,34+,35+,36-,40+,41?,42?,43+,44+,45+,46+,47+,48?/m1/s1. The van der Waals surface area contributed by atoms with Crippen molar-refractivity contribution in [1.82, 2.24) is 14.8 Å². The molecule has 18 nitrogen and oxygen atoms in total. The second-order valence-corrected chi connectivity index (χ2v) is 18.6.